The van der Waals surface area contributed by atoms with Crippen LogP contribution in [0.25, 0.3) is 0 Å². The lowest BCUT2D eigenvalue weighted by Gasteiger charge is -2.46. The maximum atomic E-state index is 11.8. The molecule has 1 heterocycles. The molecule has 1 aliphatic rings. The zero-order chi connectivity index (χ0) is 13.9. The van der Waals surface area contributed by atoms with Gasteiger partial charge in [-0.3, -0.25) is 4.79 Å². The second kappa shape index (κ2) is 5.69. The summed E-state index contributed by atoms with van der Waals surface area (Å²) in [5, 5.41) is 9.62. The van der Waals surface area contributed by atoms with Gasteiger partial charge >= 0.3 is 5.97 Å². The van der Waals surface area contributed by atoms with Gasteiger partial charge in [0.05, 0.1) is 6.10 Å². The van der Waals surface area contributed by atoms with Crippen molar-refractivity contribution in [2.24, 2.45) is 0 Å². The molecule has 0 bridgehead atoms. The lowest BCUT2D eigenvalue weighted by molar-refractivity contribution is -0.172. The Morgan fingerprint density at radius 1 is 1.50 bits per heavy atom. The molecule has 1 aliphatic heterocycles. The number of carboxylic acids is 1. The number of carbonyl (C=O) groups is 2. The Bertz CT molecular complexity index is 329. The fourth-order valence-corrected chi connectivity index (χ4v) is 2.87. The maximum absolute atomic E-state index is 11.8. The number of carboxylic acid groups (broad SMARTS) is 1. The van der Waals surface area contributed by atoms with Crippen LogP contribution in [0.5, 0.6) is 0 Å². The second-order valence-corrected chi connectivity index (χ2v) is 5.17. The molecule has 1 amide bonds. The van der Waals surface area contributed by atoms with Crippen LogP contribution in [0.1, 0.15) is 47.0 Å². The number of aliphatic carboxylic acids is 1. The van der Waals surface area contributed by atoms with Gasteiger partial charge in [-0.1, -0.05) is 6.92 Å². The predicted molar refractivity (Wildman–Crippen MR) is 67.3 cm³/mol. The minimum absolute atomic E-state index is 0.0875. The van der Waals surface area contributed by atoms with Crippen molar-refractivity contribution < 1.29 is 19.4 Å². The van der Waals surface area contributed by atoms with Crippen molar-refractivity contribution in [1.82, 2.24) is 4.90 Å². The first kappa shape index (κ1) is 15.0. The fraction of sp³-hybridized carbons (Fsp3) is 0.846. The Morgan fingerprint density at radius 3 is 2.50 bits per heavy atom. The normalized spacial score (nSPS) is 28.2. The Morgan fingerprint density at radius 2 is 2.11 bits per heavy atom. The third-order valence-electron chi connectivity index (χ3n) is 3.60. The first-order valence-electron chi connectivity index (χ1n) is 6.50. The minimum Gasteiger partial charge on any atom is -0.479 e. The third-order valence-corrected chi connectivity index (χ3v) is 3.60. The summed E-state index contributed by atoms with van der Waals surface area (Å²) in [7, 11) is 0. The summed E-state index contributed by atoms with van der Waals surface area (Å²) in [5.74, 6) is -1.11. The van der Waals surface area contributed by atoms with E-state index in [1.165, 1.54) is 11.8 Å². The molecule has 0 radical (unpaired) electrons. The predicted octanol–water partition coefficient (Wildman–Crippen LogP) is 1.66. The number of carbonyl (C=O) groups excluding carboxylic acids is 1. The number of rotatable bonds is 4. The first-order chi connectivity index (χ1) is 8.35. The lowest BCUT2D eigenvalue weighted by atomic mass is 9.83. The highest BCUT2D eigenvalue weighted by atomic mass is 16.5. The van der Waals surface area contributed by atoms with Crippen LogP contribution >= 0.6 is 0 Å². The zero-order valence-corrected chi connectivity index (χ0v) is 11.6. The van der Waals surface area contributed by atoms with Crippen LogP contribution in [0.4, 0.5) is 0 Å². The Hall–Kier alpha value is -1.10. The molecule has 0 aromatic heterocycles. The van der Waals surface area contributed by atoms with Crippen molar-refractivity contribution in [3.63, 3.8) is 0 Å². The van der Waals surface area contributed by atoms with E-state index in [9.17, 15) is 14.7 Å². The summed E-state index contributed by atoms with van der Waals surface area (Å²) >= 11 is 0. The van der Waals surface area contributed by atoms with Gasteiger partial charge < -0.3 is 14.7 Å². The standard InChI is InChI=1S/C13H23NO4/c1-5-11-8-13(12(16)17,6-7-18-11)14(9(2)3)10(4)15/h9,11H,5-8H2,1-4H3,(H,16,17). The van der Waals surface area contributed by atoms with Gasteiger partial charge in [-0.25, -0.2) is 4.79 Å². The second-order valence-electron chi connectivity index (χ2n) is 5.17. The maximum Gasteiger partial charge on any atom is 0.329 e. The van der Waals surface area contributed by atoms with E-state index in [1.54, 1.807) is 0 Å². The molecule has 0 aromatic carbocycles. The van der Waals surface area contributed by atoms with E-state index in [0.29, 0.717) is 19.4 Å². The molecule has 18 heavy (non-hydrogen) atoms. The van der Waals surface area contributed by atoms with Crippen molar-refractivity contribution in [1.29, 1.82) is 0 Å². The van der Waals surface area contributed by atoms with Gasteiger partial charge in [0.2, 0.25) is 5.91 Å². The van der Waals surface area contributed by atoms with Crippen molar-refractivity contribution >= 4 is 11.9 Å². The SMILES string of the molecule is CCC1CC(C(=O)O)(N(C(C)=O)C(C)C)CCO1. The van der Waals surface area contributed by atoms with E-state index in [1.807, 2.05) is 20.8 Å². The molecule has 2 atom stereocenters. The Labute approximate surface area is 108 Å². The van der Waals surface area contributed by atoms with Crippen LogP contribution in [0.2, 0.25) is 0 Å². The topological polar surface area (TPSA) is 66.8 Å². The smallest absolute Gasteiger partial charge is 0.329 e. The van der Waals surface area contributed by atoms with E-state index in [4.69, 9.17) is 4.74 Å². The van der Waals surface area contributed by atoms with Crippen LogP contribution in [0, 0.1) is 0 Å². The van der Waals surface area contributed by atoms with Crippen LogP contribution in [-0.4, -0.2) is 46.2 Å². The van der Waals surface area contributed by atoms with Crippen LogP contribution in [-0.2, 0) is 14.3 Å². The van der Waals surface area contributed by atoms with Gasteiger partial charge in [-0.05, 0) is 20.3 Å². The van der Waals surface area contributed by atoms with E-state index >= 15 is 0 Å². The van der Waals surface area contributed by atoms with E-state index in [-0.39, 0.29) is 18.1 Å². The molecule has 5 heteroatoms. The number of hydrogen-bond acceptors (Lipinski definition) is 3. The Kier molecular flexibility index (Phi) is 4.73. The van der Waals surface area contributed by atoms with E-state index in [2.05, 4.69) is 0 Å². The van der Waals surface area contributed by atoms with Crippen LogP contribution < -0.4 is 0 Å². The summed E-state index contributed by atoms with van der Waals surface area (Å²) in [5.41, 5.74) is -1.11. The van der Waals surface area contributed by atoms with Gasteiger partial charge in [0.1, 0.15) is 5.54 Å². The molecule has 1 rings (SSSR count). The highest BCUT2D eigenvalue weighted by Crippen LogP contribution is 2.34. The lowest BCUT2D eigenvalue weighted by Crippen LogP contribution is -2.62. The summed E-state index contributed by atoms with van der Waals surface area (Å²) < 4.78 is 5.54. The highest BCUT2D eigenvalue weighted by Gasteiger charge is 2.50. The molecule has 0 aromatic rings. The number of ether oxygens (including phenoxy) is 1. The van der Waals surface area contributed by atoms with Gasteiger partial charge in [0.25, 0.3) is 0 Å². The quantitative estimate of drug-likeness (QED) is 0.831. The summed E-state index contributed by atoms with van der Waals surface area (Å²) in [6, 6.07) is -0.130. The zero-order valence-electron chi connectivity index (χ0n) is 11.6. The molecule has 5 nitrogen and oxygen atoms in total. The molecule has 0 saturated carbocycles. The molecule has 104 valence electrons. The largest absolute Gasteiger partial charge is 0.479 e. The first-order valence-corrected chi connectivity index (χ1v) is 6.50. The summed E-state index contributed by atoms with van der Waals surface area (Å²) in [6.07, 6.45) is 1.40. The van der Waals surface area contributed by atoms with Crippen molar-refractivity contribution in [3.8, 4) is 0 Å². The van der Waals surface area contributed by atoms with Gasteiger partial charge in [-0.15, -0.1) is 0 Å². The summed E-state index contributed by atoms with van der Waals surface area (Å²) in [4.78, 5) is 25.1. The Balaban J connectivity index is 3.12. The minimum atomic E-state index is -1.11. The fourth-order valence-electron chi connectivity index (χ4n) is 2.87. The van der Waals surface area contributed by atoms with E-state index in [0.717, 1.165) is 6.42 Å². The molecule has 2 unspecified atom stereocenters. The number of hydrogen-bond donors (Lipinski definition) is 1. The molecule has 0 aliphatic carbocycles. The van der Waals surface area contributed by atoms with Gasteiger partial charge in [0, 0.05) is 32.4 Å². The summed E-state index contributed by atoms with van der Waals surface area (Å²) in [6.45, 7) is 7.49. The van der Waals surface area contributed by atoms with Crippen LogP contribution in [0.15, 0.2) is 0 Å². The average Bonchev–Trinajstić information content (AvgIpc) is 2.27. The van der Waals surface area contributed by atoms with E-state index < -0.39 is 11.5 Å². The third kappa shape index (κ3) is 2.66. The number of nitrogens with zero attached hydrogens (tertiary/aromatic N) is 1. The van der Waals surface area contributed by atoms with Crippen molar-refractivity contribution in [2.45, 2.75) is 64.6 Å². The van der Waals surface area contributed by atoms with Crippen molar-refractivity contribution in [2.75, 3.05) is 6.61 Å². The molecule has 0 spiro atoms. The van der Waals surface area contributed by atoms with Gasteiger partial charge in [-0.2, -0.15) is 0 Å². The molecular formula is C13H23NO4. The number of amides is 1. The monoisotopic (exact) mass is 257 g/mol. The van der Waals surface area contributed by atoms with Gasteiger partial charge in [0.15, 0.2) is 0 Å². The molecular weight excluding hydrogens is 234 g/mol. The highest BCUT2D eigenvalue weighted by molar-refractivity contribution is 5.86. The van der Waals surface area contributed by atoms with Crippen molar-refractivity contribution in [3.05, 3.63) is 0 Å². The molecule has 1 fully saturated rings. The molecule has 1 N–H and O–H groups in total. The van der Waals surface area contributed by atoms with Crippen LogP contribution in [0.3, 0.4) is 0 Å². The molecule has 1 saturated heterocycles. The average molecular weight is 257 g/mol.